The molecule has 2 aromatic carbocycles. The number of carbonyl (C=O) groups excluding carboxylic acids is 4. The molecule has 2 amide bonds. The highest BCUT2D eigenvalue weighted by molar-refractivity contribution is 6.43. The van der Waals surface area contributed by atoms with Gasteiger partial charge in [0.1, 0.15) is 0 Å². The Kier molecular flexibility index (Phi) is 5.62. The molecule has 2 aromatic rings. The van der Waals surface area contributed by atoms with Crippen LogP contribution in [-0.2, 0) is 14.3 Å². The largest absolute Gasteiger partial charge is 0.465 e. The van der Waals surface area contributed by atoms with Gasteiger partial charge in [0.25, 0.3) is 0 Å². The van der Waals surface area contributed by atoms with Gasteiger partial charge in [0.05, 0.1) is 12.7 Å². The van der Waals surface area contributed by atoms with Crippen LogP contribution in [0.5, 0.6) is 0 Å². The molecule has 0 aliphatic carbocycles. The topological polar surface area (TPSA) is 102 Å². The van der Waals surface area contributed by atoms with Gasteiger partial charge in [-0.15, -0.1) is 0 Å². The van der Waals surface area contributed by atoms with E-state index in [0.29, 0.717) is 22.5 Å². The van der Waals surface area contributed by atoms with Crippen LogP contribution in [0.25, 0.3) is 0 Å². The molecule has 0 saturated heterocycles. The molecule has 0 atom stereocenters. The molecule has 7 nitrogen and oxygen atoms in total. The van der Waals surface area contributed by atoms with Crippen LogP contribution in [0, 0.1) is 0 Å². The average Bonchev–Trinajstić information content (AvgIpc) is 2.61. The van der Waals surface area contributed by atoms with Gasteiger partial charge in [-0.05, 0) is 43.3 Å². The van der Waals surface area contributed by atoms with E-state index in [2.05, 4.69) is 15.4 Å². The average molecular weight is 340 g/mol. The van der Waals surface area contributed by atoms with Gasteiger partial charge in [0.2, 0.25) is 0 Å². The monoisotopic (exact) mass is 340 g/mol. The molecule has 2 rings (SSSR count). The number of Topliss-reactive ketones (excluding diaryl/α,β-unsaturated/α-hetero) is 1. The number of nitrogens with one attached hydrogen (secondary N) is 2. The van der Waals surface area contributed by atoms with Crippen LogP contribution in [0.15, 0.2) is 48.5 Å². The van der Waals surface area contributed by atoms with Gasteiger partial charge in [-0.25, -0.2) is 4.79 Å². The second kappa shape index (κ2) is 7.87. The van der Waals surface area contributed by atoms with Gasteiger partial charge in [-0.2, -0.15) is 0 Å². The summed E-state index contributed by atoms with van der Waals surface area (Å²) in [6, 6.07) is 12.2. The zero-order valence-electron chi connectivity index (χ0n) is 13.7. The Balaban J connectivity index is 2.00. The van der Waals surface area contributed by atoms with E-state index in [9.17, 15) is 19.2 Å². The molecule has 0 aliphatic heterocycles. The van der Waals surface area contributed by atoms with E-state index in [1.807, 2.05) is 0 Å². The molecule has 2 N–H and O–H groups in total. The SMILES string of the molecule is COC(=O)c1ccc(NC(=O)C(=O)Nc2cccc(C(C)=O)c2)cc1. The first-order chi connectivity index (χ1) is 11.9. The Bertz CT molecular complexity index is 828. The smallest absolute Gasteiger partial charge is 0.337 e. The van der Waals surface area contributed by atoms with E-state index in [1.54, 1.807) is 18.2 Å². The number of amides is 2. The molecule has 0 fully saturated rings. The number of hydrogen-bond donors (Lipinski definition) is 2. The van der Waals surface area contributed by atoms with Crippen LogP contribution in [-0.4, -0.2) is 30.7 Å². The summed E-state index contributed by atoms with van der Waals surface area (Å²) in [7, 11) is 1.27. The minimum Gasteiger partial charge on any atom is -0.465 e. The molecular formula is C18H16N2O5. The van der Waals surface area contributed by atoms with Crippen LogP contribution >= 0.6 is 0 Å². The summed E-state index contributed by atoms with van der Waals surface area (Å²) in [6.45, 7) is 1.41. The number of benzene rings is 2. The van der Waals surface area contributed by atoms with Gasteiger partial charge < -0.3 is 15.4 Å². The molecule has 0 unspecified atom stereocenters. The van der Waals surface area contributed by atoms with E-state index in [0.717, 1.165) is 0 Å². The summed E-state index contributed by atoms with van der Waals surface area (Å²) in [5.41, 5.74) is 1.45. The number of hydrogen-bond acceptors (Lipinski definition) is 5. The zero-order valence-corrected chi connectivity index (χ0v) is 13.7. The molecule has 0 bridgehead atoms. The highest BCUT2D eigenvalue weighted by Crippen LogP contribution is 2.13. The minimum absolute atomic E-state index is 0.147. The van der Waals surface area contributed by atoms with E-state index >= 15 is 0 Å². The Morgan fingerprint density at radius 1 is 0.800 bits per heavy atom. The molecule has 25 heavy (non-hydrogen) atoms. The molecule has 0 aliphatic rings. The second-order valence-corrected chi connectivity index (χ2v) is 5.11. The number of methoxy groups -OCH3 is 1. The third-order valence-electron chi connectivity index (χ3n) is 3.30. The molecule has 0 spiro atoms. The molecule has 7 heteroatoms. The van der Waals surface area contributed by atoms with E-state index < -0.39 is 17.8 Å². The first kappa shape index (κ1) is 17.9. The van der Waals surface area contributed by atoms with Crippen molar-refractivity contribution in [3.05, 3.63) is 59.7 Å². The Morgan fingerprint density at radius 2 is 1.40 bits per heavy atom. The summed E-state index contributed by atoms with van der Waals surface area (Å²) in [4.78, 5) is 46.5. The molecule has 0 saturated carbocycles. The summed E-state index contributed by atoms with van der Waals surface area (Å²) >= 11 is 0. The van der Waals surface area contributed by atoms with E-state index in [-0.39, 0.29) is 5.78 Å². The normalized spacial score (nSPS) is 9.84. The lowest BCUT2D eigenvalue weighted by molar-refractivity contribution is -0.132. The van der Waals surface area contributed by atoms with Crippen molar-refractivity contribution in [1.29, 1.82) is 0 Å². The maximum Gasteiger partial charge on any atom is 0.337 e. The van der Waals surface area contributed by atoms with Crippen molar-refractivity contribution >= 4 is 34.9 Å². The number of ketones is 1. The maximum atomic E-state index is 11.9. The van der Waals surface area contributed by atoms with Gasteiger partial charge >= 0.3 is 17.8 Å². The van der Waals surface area contributed by atoms with Crippen LogP contribution in [0.3, 0.4) is 0 Å². The lowest BCUT2D eigenvalue weighted by Gasteiger charge is -2.08. The predicted octanol–water partition coefficient (Wildman–Crippen LogP) is 2.25. The lowest BCUT2D eigenvalue weighted by Crippen LogP contribution is -2.29. The van der Waals surface area contributed by atoms with Crippen molar-refractivity contribution in [2.75, 3.05) is 17.7 Å². The fourth-order valence-electron chi connectivity index (χ4n) is 2.00. The van der Waals surface area contributed by atoms with Crippen molar-refractivity contribution < 1.29 is 23.9 Å². The van der Waals surface area contributed by atoms with Crippen molar-refractivity contribution in [2.24, 2.45) is 0 Å². The van der Waals surface area contributed by atoms with E-state index in [4.69, 9.17) is 0 Å². The van der Waals surface area contributed by atoms with Gasteiger partial charge in [0, 0.05) is 16.9 Å². The first-order valence-corrected chi connectivity index (χ1v) is 7.32. The molecule has 128 valence electrons. The van der Waals surface area contributed by atoms with Gasteiger partial charge in [0.15, 0.2) is 5.78 Å². The Morgan fingerprint density at radius 3 is 1.96 bits per heavy atom. The van der Waals surface area contributed by atoms with Gasteiger partial charge in [-0.3, -0.25) is 14.4 Å². The summed E-state index contributed by atoms with van der Waals surface area (Å²) in [6.07, 6.45) is 0. The third-order valence-corrected chi connectivity index (χ3v) is 3.30. The number of ether oxygens (including phenoxy) is 1. The number of esters is 1. The van der Waals surface area contributed by atoms with Crippen molar-refractivity contribution in [3.8, 4) is 0 Å². The number of carbonyl (C=O) groups is 4. The van der Waals surface area contributed by atoms with Crippen LogP contribution in [0.2, 0.25) is 0 Å². The standard InChI is InChI=1S/C18H16N2O5/c1-11(21)13-4-3-5-15(10-13)20-17(23)16(22)19-14-8-6-12(7-9-14)18(24)25-2/h3-10H,1-2H3,(H,19,22)(H,20,23). The highest BCUT2D eigenvalue weighted by Gasteiger charge is 2.15. The zero-order chi connectivity index (χ0) is 18.4. The van der Waals surface area contributed by atoms with Crippen molar-refractivity contribution in [2.45, 2.75) is 6.92 Å². The fourth-order valence-corrected chi connectivity index (χ4v) is 2.00. The fraction of sp³-hybridized carbons (Fsp3) is 0.111. The summed E-state index contributed by atoms with van der Waals surface area (Å²) in [5, 5.41) is 4.83. The molecule has 0 aromatic heterocycles. The summed E-state index contributed by atoms with van der Waals surface area (Å²) in [5.74, 6) is -2.40. The number of anilines is 2. The highest BCUT2D eigenvalue weighted by atomic mass is 16.5. The molecular weight excluding hydrogens is 324 g/mol. The number of rotatable bonds is 4. The van der Waals surface area contributed by atoms with Crippen molar-refractivity contribution in [3.63, 3.8) is 0 Å². The predicted molar refractivity (Wildman–Crippen MR) is 91.5 cm³/mol. The molecule has 0 radical (unpaired) electrons. The quantitative estimate of drug-likeness (QED) is 0.505. The van der Waals surface area contributed by atoms with E-state index in [1.165, 1.54) is 44.4 Å². The third kappa shape index (κ3) is 4.74. The van der Waals surface area contributed by atoms with Crippen LogP contribution in [0.4, 0.5) is 11.4 Å². The Hall–Kier alpha value is -3.48. The minimum atomic E-state index is -0.877. The summed E-state index contributed by atoms with van der Waals surface area (Å²) < 4.78 is 4.57. The van der Waals surface area contributed by atoms with Crippen LogP contribution < -0.4 is 10.6 Å². The Labute approximate surface area is 144 Å². The van der Waals surface area contributed by atoms with Crippen LogP contribution in [0.1, 0.15) is 27.6 Å². The lowest BCUT2D eigenvalue weighted by atomic mass is 10.1. The first-order valence-electron chi connectivity index (χ1n) is 7.32. The van der Waals surface area contributed by atoms with Gasteiger partial charge in [-0.1, -0.05) is 12.1 Å². The molecule has 0 heterocycles. The second-order valence-electron chi connectivity index (χ2n) is 5.11. The maximum absolute atomic E-state index is 11.9. The van der Waals surface area contributed by atoms with Crippen molar-refractivity contribution in [1.82, 2.24) is 0 Å².